The molecular weight excluding hydrogens is 514 g/mol. The van der Waals surface area contributed by atoms with Crippen LogP contribution in [0.4, 0.5) is 0 Å². The quantitative estimate of drug-likeness (QED) is 0.241. The number of hydrogen-bond donors (Lipinski definition) is 1. The highest BCUT2D eigenvalue weighted by Crippen LogP contribution is 2.31. The van der Waals surface area contributed by atoms with Gasteiger partial charge in [-0.15, -0.1) is 0 Å². The van der Waals surface area contributed by atoms with Crippen LogP contribution in [0.3, 0.4) is 0 Å². The maximum Gasteiger partial charge on any atom is 0.188 e. The highest BCUT2D eigenvalue weighted by atomic mass is 16.5. The Morgan fingerprint density at radius 3 is 1.76 bits per heavy atom. The summed E-state index contributed by atoms with van der Waals surface area (Å²) >= 11 is 0. The van der Waals surface area contributed by atoms with Gasteiger partial charge in [0.15, 0.2) is 17.4 Å². The van der Waals surface area contributed by atoms with Gasteiger partial charge in [-0.25, -0.2) is 9.98 Å². The second-order valence-electron chi connectivity index (χ2n) is 9.39. The van der Waals surface area contributed by atoms with Crippen molar-refractivity contribution < 1.29 is 19.1 Å². The first-order valence-corrected chi connectivity index (χ1v) is 13.0. The molecule has 0 aromatic heterocycles. The number of carbonyl (C=O) groups is 2. The van der Waals surface area contributed by atoms with E-state index in [2.05, 4.69) is 5.32 Å². The van der Waals surface area contributed by atoms with E-state index in [1.54, 1.807) is 68.8 Å². The predicted octanol–water partition coefficient (Wildman–Crippen LogP) is 5.96. The lowest BCUT2D eigenvalue weighted by atomic mass is 10.0. The van der Waals surface area contributed by atoms with Crippen LogP contribution in [0.15, 0.2) is 119 Å². The predicted molar refractivity (Wildman–Crippen MR) is 160 cm³/mol. The molecule has 0 radical (unpaired) electrons. The molecule has 0 atom stereocenters. The highest BCUT2D eigenvalue weighted by molar-refractivity contribution is 6.23. The summed E-state index contributed by atoms with van der Waals surface area (Å²) in [5.41, 5.74) is 5.64. The maximum atomic E-state index is 13.1. The molecule has 0 bridgehead atoms. The van der Waals surface area contributed by atoms with Crippen molar-refractivity contribution in [2.45, 2.75) is 0 Å². The SMILES string of the molecule is COc1ccc(C(=O)/C=C2\N=C(N=C3N/C(=C\C(=O)c4ccc(OC)cc4)c4ccccc43)c3ccccc32)cc1. The first kappa shape index (κ1) is 25.7. The van der Waals surface area contributed by atoms with E-state index in [-0.39, 0.29) is 11.6 Å². The number of aliphatic imine (C=N–C) groups is 2. The van der Waals surface area contributed by atoms with Crippen molar-refractivity contribution in [3.63, 3.8) is 0 Å². The molecule has 0 unspecified atom stereocenters. The molecule has 4 aromatic carbocycles. The molecule has 0 aliphatic carbocycles. The van der Waals surface area contributed by atoms with Gasteiger partial charge in [0.2, 0.25) is 0 Å². The van der Waals surface area contributed by atoms with Crippen LogP contribution in [0, 0.1) is 0 Å². The minimum atomic E-state index is -0.165. The number of methoxy groups -OCH3 is 2. The Hall–Kier alpha value is -5.56. The van der Waals surface area contributed by atoms with Gasteiger partial charge in [0.25, 0.3) is 0 Å². The summed E-state index contributed by atoms with van der Waals surface area (Å²) in [6.45, 7) is 0. The molecule has 7 nitrogen and oxygen atoms in total. The Labute approximate surface area is 237 Å². The van der Waals surface area contributed by atoms with Crippen molar-refractivity contribution in [3.8, 4) is 11.5 Å². The van der Waals surface area contributed by atoms with Crippen molar-refractivity contribution in [2.75, 3.05) is 14.2 Å². The van der Waals surface area contributed by atoms with Crippen molar-refractivity contribution in [2.24, 2.45) is 9.98 Å². The number of carbonyl (C=O) groups excluding carboxylic acids is 2. The molecule has 2 aliphatic heterocycles. The van der Waals surface area contributed by atoms with E-state index in [0.717, 1.165) is 22.3 Å². The second-order valence-corrected chi connectivity index (χ2v) is 9.39. The number of rotatable bonds is 6. The molecule has 0 saturated carbocycles. The van der Waals surface area contributed by atoms with Gasteiger partial charge < -0.3 is 14.8 Å². The van der Waals surface area contributed by atoms with Gasteiger partial charge in [-0.1, -0.05) is 48.5 Å². The van der Waals surface area contributed by atoms with Crippen LogP contribution >= 0.6 is 0 Å². The molecule has 0 spiro atoms. The molecule has 200 valence electrons. The second kappa shape index (κ2) is 10.9. The van der Waals surface area contributed by atoms with E-state index in [1.807, 2.05) is 48.5 Å². The van der Waals surface area contributed by atoms with Crippen LogP contribution in [0.25, 0.3) is 11.4 Å². The zero-order valence-corrected chi connectivity index (χ0v) is 22.4. The summed E-state index contributed by atoms with van der Waals surface area (Å²) in [5.74, 6) is 2.11. The molecule has 0 saturated heterocycles. The van der Waals surface area contributed by atoms with Crippen LogP contribution in [-0.4, -0.2) is 37.5 Å². The number of ketones is 2. The van der Waals surface area contributed by atoms with Crippen LogP contribution in [0.1, 0.15) is 43.0 Å². The summed E-state index contributed by atoms with van der Waals surface area (Å²) in [7, 11) is 3.17. The molecular formula is C34H25N3O4. The molecule has 1 N–H and O–H groups in total. The number of ether oxygens (including phenoxy) is 2. The van der Waals surface area contributed by atoms with Gasteiger partial charge in [0, 0.05) is 45.5 Å². The monoisotopic (exact) mass is 539 g/mol. The molecule has 2 heterocycles. The summed E-state index contributed by atoms with van der Waals surface area (Å²) in [6.07, 6.45) is 3.11. The van der Waals surface area contributed by atoms with Gasteiger partial charge in [-0.3, -0.25) is 9.59 Å². The lowest BCUT2D eigenvalue weighted by Crippen LogP contribution is -2.17. The van der Waals surface area contributed by atoms with E-state index in [0.29, 0.717) is 45.7 Å². The fourth-order valence-corrected chi connectivity index (χ4v) is 4.76. The average molecular weight is 540 g/mol. The van der Waals surface area contributed by atoms with Crippen LogP contribution in [0.5, 0.6) is 11.5 Å². The minimum absolute atomic E-state index is 0.142. The number of nitrogens with one attached hydrogen (secondary N) is 1. The Balaban J connectivity index is 1.34. The van der Waals surface area contributed by atoms with E-state index in [4.69, 9.17) is 19.5 Å². The van der Waals surface area contributed by atoms with Gasteiger partial charge in [-0.05, 0) is 48.5 Å². The molecule has 6 rings (SSSR count). The van der Waals surface area contributed by atoms with E-state index >= 15 is 0 Å². The van der Waals surface area contributed by atoms with E-state index in [9.17, 15) is 9.59 Å². The first-order chi connectivity index (χ1) is 20.0. The average Bonchev–Trinajstić information content (AvgIpc) is 3.54. The fourth-order valence-electron chi connectivity index (χ4n) is 4.76. The van der Waals surface area contributed by atoms with Crippen molar-refractivity contribution in [1.82, 2.24) is 5.32 Å². The fraction of sp³-hybridized carbons (Fsp3) is 0.0588. The van der Waals surface area contributed by atoms with Gasteiger partial charge in [0.05, 0.1) is 25.6 Å². The largest absolute Gasteiger partial charge is 0.497 e. The van der Waals surface area contributed by atoms with Crippen LogP contribution in [-0.2, 0) is 0 Å². The highest BCUT2D eigenvalue weighted by Gasteiger charge is 2.26. The maximum absolute atomic E-state index is 13.1. The summed E-state index contributed by atoms with van der Waals surface area (Å²) < 4.78 is 10.4. The number of benzene rings is 4. The summed E-state index contributed by atoms with van der Waals surface area (Å²) in [6, 6.07) is 29.4. The zero-order chi connectivity index (χ0) is 28.3. The Bertz CT molecular complexity index is 1800. The number of nitrogens with zero attached hydrogens (tertiary/aromatic N) is 2. The van der Waals surface area contributed by atoms with Crippen molar-refractivity contribution in [3.05, 3.63) is 143 Å². The van der Waals surface area contributed by atoms with Crippen LogP contribution in [0.2, 0.25) is 0 Å². The molecule has 0 amide bonds. The van der Waals surface area contributed by atoms with E-state index < -0.39 is 0 Å². The van der Waals surface area contributed by atoms with E-state index in [1.165, 1.54) is 6.08 Å². The number of fused-ring (bicyclic) bond motifs is 2. The standard InChI is InChI=1S/C34H25N3O4/c1-40-23-15-11-21(12-16-23)31(38)19-29-25-7-3-5-9-27(25)33(35-29)37-34-28-10-6-4-8-26(28)30(36-34)20-32(39)22-13-17-24(41-2)18-14-22/h3-20H,1-2H3,(H,35,36,37)/b29-19-,30-20-. The minimum Gasteiger partial charge on any atom is -0.497 e. The Morgan fingerprint density at radius 1 is 0.659 bits per heavy atom. The molecule has 41 heavy (non-hydrogen) atoms. The van der Waals surface area contributed by atoms with Crippen LogP contribution < -0.4 is 14.8 Å². The first-order valence-electron chi connectivity index (χ1n) is 13.0. The zero-order valence-electron chi connectivity index (χ0n) is 22.4. The number of allylic oxidation sites excluding steroid dienone is 2. The number of amidine groups is 2. The summed E-state index contributed by atoms with van der Waals surface area (Å²) in [5, 5.41) is 3.32. The number of hydrogen-bond acceptors (Lipinski definition) is 6. The van der Waals surface area contributed by atoms with Crippen molar-refractivity contribution in [1.29, 1.82) is 0 Å². The Morgan fingerprint density at radius 2 is 1.17 bits per heavy atom. The third kappa shape index (κ3) is 5.08. The lowest BCUT2D eigenvalue weighted by Gasteiger charge is -2.03. The van der Waals surface area contributed by atoms with Gasteiger partial charge in [0.1, 0.15) is 17.3 Å². The molecule has 7 heteroatoms. The smallest absolute Gasteiger partial charge is 0.188 e. The lowest BCUT2D eigenvalue weighted by molar-refractivity contribution is 0.103. The normalized spacial score (nSPS) is 16.2. The molecule has 2 aliphatic rings. The Kier molecular flexibility index (Phi) is 6.83. The molecule has 4 aromatic rings. The van der Waals surface area contributed by atoms with Crippen molar-refractivity contribution >= 4 is 34.6 Å². The van der Waals surface area contributed by atoms with Gasteiger partial charge >= 0.3 is 0 Å². The topological polar surface area (TPSA) is 89.4 Å². The third-order valence-electron chi connectivity index (χ3n) is 6.91. The summed E-state index contributed by atoms with van der Waals surface area (Å²) in [4.78, 5) is 35.7. The molecule has 0 fully saturated rings. The van der Waals surface area contributed by atoms with Gasteiger partial charge in [-0.2, -0.15) is 0 Å². The third-order valence-corrected chi connectivity index (χ3v) is 6.91.